The highest BCUT2D eigenvalue weighted by atomic mass is 32.1. The molecule has 0 bridgehead atoms. The fourth-order valence-corrected chi connectivity index (χ4v) is 3.67. The predicted octanol–water partition coefficient (Wildman–Crippen LogP) is 3.44. The van der Waals surface area contributed by atoms with Crippen molar-refractivity contribution in [1.82, 2.24) is 4.98 Å². The molecule has 1 N–H and O–H groups in total. The highest BCUT2D eigenvalue weighted by Gasteiger charge is 2.41. The van der Waals surface area contributed by atoms with Crippen LogP contribution in [-0.2, 0) is 16.8 Å². The zero-order valence-electron chi connectivity index (χ0n) is 11.6. The summed E-state index contributed by atoms with van der Waals surface area (Å²) in [5.41, 5.74) is 1.73. The Bertz CT molecular complexity index is 557. The van der Waals surface area contributed by atoms with Crippen LogP contribution in [0.25, 0.3) is 0 Å². The summed E-state index contributed by atoms with van der Waals surface area (Å²) in [6, 6.07) is 9.73. The molecule has 0 saturated heterocycles. The van der Waals surface area contributed by atoms with Crippen molar-refractivity contribution in [3.8, 4) is 0 Å². The Morgan fingerprint density at radius 1 is 1.35 bits per heavy atom. The molecule has 1 fully saturated rings. The van der Waals surface area contributed by atoms with Gasteiger partial charge in [-0.2, -0.15) is 0 Å². The Hall–Kier alpha value is -1.23. The van der Waals surface area contributed by atoms with E-state index in [9.17, 15) is 5.11 Å². The third kappa shape index (κ3) is 2.51. The zero-order chi connectivity index (χ0) is 14.0. The molecule has 1 unspecified atom stereocenters. The van der Waals surface area contributed by atoms with Crippen molar-refractivity contribution in [2.45, 2.75) is 37.4 Å². The lowest BCUT2D eigenvalue weighted by Crippen LogP contribution is -2.35. The molecular formula is C16H19NO2S. The molecule has 1 aliphatic rings. The van der Waals surface area contributed by atoms with Gasteiger partial charge in [0, 0.05) is 18.9 Å². The SMILES string of the molecule is COC1(c2nc(CC(O)c3ccccc3)cs2)CCC1. The second kappa shape index (κ2) is 5.64. The van der Waals surface area contributed by atoms with Gasteiger partial charge in [-0.05, 0) is 24.8 Å². The molecule has 2 aromatic rings. The van der Waals surface area contributed by atoms with E-state index in [0.29, 0.717) is 6.42 Å². The molecule has 106 valence electrons. The van der Waals surface area contributed by atoms with Crippen molar-refractivity contribution in [1.29, 1.82) is 0 Å². The van der Waals surface area contributed by atoms with Gasteiger partial charge in [-0.1, -0.05) is 30.3 Å². The van der Waals surface area contributed by atoms with E-state index in [1.165, 1.54) is 6.42 Å². The van der Waals surface area contributed by atoms with Crippen LogP contribution in [0.4, 0.5) is 0 Å². The third-order valence-corrected chi connectivity index (χ3v) is 5.16. The normalized spacial score (nSPS) is 18.5. The molecule has 1 heterocycles. The molecule has 0 aliphatic heterocycles. The summed E-state index contributed by atoms with van der Waals surface area (Å²) in [5.74, 6) is 0. The average Bonchev–Trinajstić information content (AvgIpc) is 2.88. The molecule has 1 saturated carbocycles. The summed E-state index contributed by atoms with van der Waals surface area (Å²) in [4.78, 5) is 4.67. The Balaban J connectivity index is 1.71. The maximum Gasteiger partial charge on any atom is 0.125 e. The number of ether oxygens (including phenoxy) is 1. The van der Waals surface area contributed by atoms with Crippen LogP contribution in [0.1, 0.15) is 41.6 Å². The summed E-state index contributed by atoms with van der Waals surface area (Å²) >= 11 is 1.65. The van der Waals surface area contributed by atoms with Crippen molar-refractivity contribution >= 4 is 11.3 Å². The summed E-state index contributed by atoms with van der Waals surface area (Å²) < 4.78 is 5.65. The zero-order valence-corrected chi connectivity index (χ0v) is 12.4. The quantitative estimate of drug-likeness (QED) is 0.916. The van der Waals surface area contributed by atoms with Gasteiger partial charge in [-0.3, -0.25) is 0 Å². The van der Waals surface area contributed by atoms with Crippen molar-refractivity contribution in [3.63, 3.8) is 0 Å². The molecule has 1 aromatic carbocycles. The molecule has 0 amide bonds. The number of methoxy groups -OCH3 is 1. The fourth-order valence-electron chi connectivity index (χ4n) is 2.60. The maximum absolute atomic E-state index is 10.2. The number of aliphatic hydroxyl groups excluding tert-OH is 1. The van der Waals surface area contributed by atoms with E-state index >= 15 is 0 Å². The number of benzene rings is 1. The van der Waals surface area contributed by atoms with Crippen molar-refractivity contribution in [2.24, 2.45) is 0 Å². The van der Waals surface area contributed by atoms with E-state index in [4.69, 9.17) is 4.74 Å². The molecule has 4 heteroatoms. The first-order valence-corrected chi connectivity index (χ1v) is 7.84. The van der Waals surface area contributed by atoms with Crippen LogP contribution in [0.5, 0.6) is 0 Å². The van der Waals surface area contributed by atoms with Gasteiger partial charge in [0.1, 0.15) is 10.6 Å². The van der Waals surface area contributed by atoms with Crippen molar-refractivity contribution in [2.75, 3.05) is 7.11 Å². The summed E-state index contributed by atoms with van der Waals surface area (Å²) in [5, 5.41) is 13.3. The molecule has 1 atom stereocenters. The Morgan fingerprint density at radius 2 is 2.10 bits per heavy atom. The lowest BCUT2D eigenvalue weighted by Gasteiger charge is -2.38. The number of nitrogens with zero attached hydrogens (tertiary/aromatic N) is 1. The molecule has 1 aliphatic carbocycles. The Labute approximate surface area is 123 Å². The van der Waals surface area contributed by atoms with Crippen molar-refractivity contribution in [3.05, 3.63) is 52.0 Å². The van der Waals surface area contributed by atoms with Gasteiger partial charge >= 0.3 is 0 Å². The monoisotopic (exact) mass is 289 g/mol. The van der Waals surface area contributed by atoms with Gasteiger partial charge < -0.3 is 9.84 Å². The molecule has 20 heavy (non-hydrogen) atoms. The van der Waals surface area contributed by atoms with E-state index in [2.05, 4.69) is 4.98 Å². The van der Waals surface area contributed by atoms with Crippen LogP contribution in [0.2, 0.25) is 0 Å². The maximum atomic E-state index is 10.2. The van der Waals surface area contributed by atoms with Gasteiger partial charge in [0.15, 0.2) is 0 Å². The Kier molecular flexibility index (Phi) is 3.87. The van der Waals surface area contributed by atoms with E-state index < -0.39 is 6.10 Å². The van der Waals surface area contributed by atoms with Crippen LogP contribution in [0.15, 0.2) is 35.7 Å². The van der Waals surface area contributed by atoms with Gasteiger partial charge in [0.2, 0.25) is 0 Å². The standard InChI is InChI=1S/C16H19NO2S/c1-19-16(8-5-9-16)15-17-13(11-20-15)10-14(18)12-6-3-2-4-7-12/h2-4,6-7,11,14,18H,5,8-10H2,1H3. The minimum Gasteiger partial charge on any atom is -0.388 e. The first-order valence-electron chi connectivity index (χ1n) is 6.96. The van der Waals surface area contributed by atoms with Gasteiger partial charge in [-0.25, -0.2) is 4.98 Å². The molecule has 3 nitrogen and oxygen atoms in total. The van der Waals surface area contributed by atoms with E-state index in [1.54, 1.807) is 18.4 Å². The summed E-state index contributed by atoms with van der Waals surface area (Å²) in [7, 11) is 1.76. The number of hydrogen-bond acceptors (Lipinski definition) is 4. The number of aliphatic hydroxyl groups is 1. The number of thiazole rings is 1. The van der Waals surface area contributed by atoms with E-state index in [-0.39, 0.29) is 5.60 Å². The van der Waals surface area contributed by atoms with Crippen LogP contribution in [0.3, 0.4) is 0 Å². The van der Waals surface area contributed by atoms with E-state index in [0.717, 1.165) is 29.1 Å². The minimum absolute atomic E-state index is 0.152. The van der Waals surface area contributed by atoms with Crippen LogP contribution >= 0.6 is 11.3 Å². The topological polar surface area (TPSA) is 42.4 Å². The lowest BCUT2D eigenvalue weighted by atomic mass is 9.80. The number of rotatable bonds is 5. The van der Waals surface area contributed by atoms with Gasteiger partial charge in [0.25, 0.3) is 0 Å². The highest BCUT2D eigenvalue weighted by Crippen LogP contribution is 2.45. The van der Waals surface area contributed by atoms with Crippen LogP contribution in [0, 0.1) is 0 Å². The molecular weight excluding hydrogens is 270 g/mol. The smallest absolute Gasteiger partial charge is 0.125 e. The average molecular weight is 289 g/mol. The van der Waals surface area contributed by atoms with Crippen LogP contribution < -0.4 is 0 Å². The first-order chi connectivity index (χ1) is 9.73. The van der Waals surface area contributed by atoms with Crippen molar-refractivity contribution < 1.29 is 9.84 Å². The third-order valence-electron chi connectivity index (χ3n) is 4.08. The minimum atomic E-state index is -0.494. The van der Waals surface area contributed by atoms with E-state index in [1.807, 2.05) is 35.7 Å². The molecule has 0 spiro atoms. The largest absolute Gasteiger partial charge is 0.388 e. The second-order valence-corrected chi connectivity index (χ2v) is 6.18. The number of aromatic nitrogens is 1. The number of hydrogen-bond donors (Lipinski definition) is 1. The highest BCUT2D eigenvalue weighted by molar-refractivity contribution is 7.09. The first kappa shape index (κ1) is 13.7. The molecule has 3 rings (SSSR count). The molecule has 0 radical (unpaired) electrons. The fraction of sp³-hybridized carbons (Fsp3) is 0.438. The Morgan fingerprint density at radius 3 is 2.70 bits per heavy atom. The van der Waals surface area contributed by atoms with Crippen LogP contribution in [-0.4, -0.2) is 17.2 Å². The summed E-state index contributed by atoms with van der Waals surface area (Å²) in [6.07, 6.45) is 3.37. The molecule has 1 aromatic heterocycles. The van der Waals surface area contributed by atoms with Gasteiger partial charge in [0.05, 0.1) is 11.8 Å². The van der Waals surface area contributed by atoms with Gasteiger partial charge in [-0.15, -0.1) is 11.3 Å². The predicted molar refractivity (Wildman–Crippen MR) is 79.8 cm³/mol. The summed E-state index contributed by atoms with van der Waals surface area (Å²) in [6.45, 7) is 0. The second-order valence-electron chi connectivity index (χ2n) is 5.33. The lowest BCUT2D eigenvalue weighted by molar-refractivity contribution is -0.0780.